The molecule has 0 saturated carbocycles. The van der Waals surface area contributed by atoms with Crippen LogP contribution in [0, 0.1) is 12.8 Å². The van der Waals surface area contributed by atoms with E-state index in [2.05, 4.69) is 5.16 Å². The summed E-state index contributed by atoms with van der Waals surface area (Å²) in [5, 5.41) is 4.09. The number of rotatable bonds is 2. The van der Waals surface area contributed by atoms with Gasteiger partial charge < -0.3 is 14.3 Å². The molecule has 1 aromatic rings. The van der Waals surface area contributed by atoms with Crippen LogP contribution in [0.2, 0.25) is 0 Å². The highest BCUT2D eigenvalue weighted by Gasteiger charge is 2.37. The third-order valence-electron chi connectivity index (χ3n) is 4.74. The summed E-state index contributed by atoms with van der Waals surface area (Å²) in [6, 6.07) is 1.94. The summed E-state index contributed by atoms with van der Waals surface area (Å²) in [6.45, 7) is 5.53. The number of nitrogens with zero attached hydrogens (tertiary/aromatic N) is 3. The Bertz CT molecular complexity index is 569. The van der Waals surface area contributed by atoms with Crippen LogP contribution in [0.4, 0.5) is 0 Å². The zero-order valence-electron chi connectivity index (χ0n) is 13.2. The van der Waals surface area contributed by atoms with Gasteiger partial charge in [0.05, 0.1) is 12.0 Å². The van der Waals surface area contributed by atoms with E-state index in [4.69, 9.17) is 4.52 Å². The van der Waals surface area contributed by atoms with E-state index >= 15 is 0 Å². The van der Waals surface area contributed by atoms with Crippen LogP contribution in [0.5, 0.6) is 0 Å². The zero-order chi connectivity index (χ0) is 15.7. The first-order valence-electron chi connectivity index (χ1n) is 8.05. The molecule has 2 amide bonds. The Morgan fingerprint density at radius 3 is 2.73 bits per heavy atom. The third kappa shape index (κ3) is 2.87. The number of carbonyl (C=O) groups is 2. The molecular formula is C16H23N3O3. The Hall–Kier alpha value is -1.85. The highest BCUT2D eigenvalue weighted by molar-refractivity contribution is 5.81. The first-order chi connectivity index (χ1) is 10.6. The van der Waals surface area contributed by atoms with Crippen molar-refractivity contribution in [1.29, 1.82) is 0 Å². The van der Waals surface area contributed by atoms with E-state index in [-0.39, 0.29) is 23.8 Å². The molecule has 2 atom stereocenters. The van der Waals surface area contributed by atoms with Crippen molar-refractivity contribution >= 4 is 11.8 Å². The normalized spacial score (nSPS) is 25.5. The molecule has 0 spiro atoms. The van der Waals surface area contributed by atoms with Crippen LogP contribution in [0.25, 0.3) is 0 Å². The molecule has 0 unspecified atom stereocenters. The Morgan fingerprint density at radius 1 is 1.27 bits per heavy atom. The zero-order valence-corrected chi connectivity index (χ0v) is 13.2. The van der Waals surface area contributed by atoms with E-state index in [1.165, 1.54) is 0 Å². The van der Waals surface area contributed by atoms with E-state index in [1.807, 2.05) is 17.9 Å². The van der Waals surface area contributed by atoms with Gasteiger partial charge in [-0.25, -0.2) is 0 Å². The van der Waals surface area contributed by atoms with Crippen LogP contribution >= 0.6 is 0 Å². The maximum absolute atomic E-state index is 12.9. The third-order valence-corrected chi connectivity index (χ3v) is 4.74. The lowest BCUT2D eigenvalue weighted by atomic mass is 9.96. The molecule has 0 aromatic carbocycles. The number of likely N-dealkylation sites (tertiary alicyclic amines) is 2. The molecule has 0 aliphatic carbocycles. The van der Waals surface area contributed by atoms with Crippen molar-refractivity contribution in [1.82, 2.24) is 15.0 Å². The van der Waals surface area contributed by atoms with Gasteiger partial charge in [0, 0.05) is 32.6 Å². The lowest BCUT2D eigenvalue weighted by Crippen LogP contribution is -2.46. The van der Waals surface area contributed by atoms with Crippen LogP contribution in [-0.4, -0.2) is 46.4 Å². The van der Waals surface area contributed by atoms with Crippen molar-refractivity contribution in [2.75, 3.05) is 19.6 Å². The van der Waals surface area contributed by atoms with Gasteiger partial charge >= 0.3 is 0 Å². The number of hydrogen-bond donors (Lipinski definition) is 0. The second kappa shape index (κ2) is 6.10. The number of carbonyl (C=O) groups excluding carboxylic acids is 2. The second-order valence-electron chi connectivity index (χ2n) is 6.36. The van der Waals surface area contributed by atoms with Gasteiger partial charge in [-0.2, -0.15) is 0 Å². The first kappa shape index (κ1) is 15.1. The summed E-state index contributed by atoms with van der Waals surface area (Å²) in [7, 11) is 0. The quantitative estimate of drug-likeness (QED) is 0.837. The fraction of sp³-hybridized carbons (Fsp3) is 0.688. The van der Waals surface area contributed by atoms with Crippen molar-refractivity contribution in [3.05, 3.63) is 17.5 Å². The summed E-state index contributed by atoms with van der Waals surface area (Å²) in [4.78, 5) is 28.2. The van der Waals surface area contributed by atoms with Crippen LogP contribution < -0.4 is 0 Å². The van der Waals surface area contributed by atoms with Crippen LogP contribution in [0.3, 0.4) is 0 Å². The molecule has 0 bridgehead atoms. The minimum Gasteiger partial charge on any atom is -0.361 e. The molecule has 2 fully saturated rings. The van der Waals surface area contributed by atoms with E-state index in [9.17, 15) is 9.59 Å². The molecule has 2 aliphatic heterocycles. The lowest BCUT2D eigenvalue weighted by Gasteiger charge is -2.34. The Kier molecular flexibility index (Phi) is 4.18. The van der Waals surface area contributed by atoms with Gasteiger partial charge in [-0.1, -0.05) is 5.16 Å². The van der Waals surface area contributed by atoms with Gasteiger partial charge in [-0.15, -0.1) is 0 Å². The standard InChI is InChI=1S/C16H23N3O3/c1-11-9-14(17-22-11)15-6-4-8-19(15)16(21)13-5-3-7-18(10-13)12(2)20/h9,13,15H,3-8,10H2,1-2H3/t13-,15+/m0/s1. The van der Waals surface area contributed by atoms with E-state index in [1.54, 1.807) is 11.8 Å². The number of aryl methyl sites for hydroxylation is 1. The van der Waals surface area contributed by atoms with Crippen molar-refractivity contribution in [3.63, 3.8) is 0 Å². The molecule has 2 saturated heterocycles. The van der Waals surface area contributed by atoms with Gasteiger partial charge in [0.1, 0.15) is 11.5 Å². The second-order valence-corrected chi connectivity index (χ2v) is 6.36. The lowest BCUT2D eigenvalue weighted by molar-refractivity contribution is -0.141. The van der Waals surface area contributed by atoms with Crippen LogP contribution in [0.1, 0.15) is 50.1 Å². The molecule has 6 nitrogen and oxygen atoms in total. The molecule has 0 N–H and O–H groups in total. The molecule has 3 heterocycles. The SMILES string of the molecule is CC(=O)N1CCC[C@H](C(=O)N2CCC[C@@H]2c2cc(C)on2)C1. The van der Waals surface area contributed by atoms with Crippen LogP contribution in [0.15, 0.2) is 10.6 Å². The minimum atomic E-state index is -0.0775. The average Bonchev–Trinajstić information content (AvgIpc) is 3.15. The fourth-order valence-corrected chi connectivity index (χ4v) is 3.58. The summed E-state index contributed by atoms with van der Waals surface area (Å²) < 4.78 is 5.16. The maximum atomic E-state index is 12.9. The van der Waals surface area contributed by atoms with Crippen molar-refractivity contribution in [2.45, 2.75) is 45.6 Å². The average molecular weight is 305 g/mol. The van der Waals surface area contributed by atoms with Crippen molar-refractivity contribution < 1.29 is 14.1 Å². The highest BCUT2D eigenvalue weighted by Crippen LogP contribution is 2.34. The summed E-state index contributed by atoms with van der Waals surface area (Å²) in [5.41, 5.74) is 0.850. The molecule has 0 radical (unpaired) electrons. The summed E-state index contributed by atoms with van der Waals surface area (Å²) >= 11 is 0. The molecule has 2 aliphatic rings. The van der Waals surface area contributed by atoms with E-state index < -0.39 is 0 Å². The van der Waals surface area contributed by atoms with Crippen LogP contribution in [-0.2, 0) is 9.59 Å². The molecule has 3 rings (SSSR count). The smallest absolute Gasteiger partial charge is 0.228 e. The van der Waals surface area contributed by atoms with E-state index in [0.29, 0.717) is 6.54 Å². The Labute approximate surface area is 130 Å². The van der Waals surface area contributed by atoms with Gasteiger partial charge in [0.15, 0.2) is 0 Å². The van der Waals surface area contributed by atoms with Crippen molar-refractivity contribution in [3.8, 4) is 0 Å². The molecule has 1 aromatic heterocycles. The first-order valence-corrected chi connectivity index (χ1v) is 8.05. The predicted molar refractivity (Wildman–Crippen MR) is 79.9 cm³/mol. The Balaban J connectivity index is 1.72. The molecular weight excluding hydrogens is 282 g/mol. The largest absolute Gasteiger partial charge is 0.361 e. The predicted octanol–water partition coefficient (Wildman–Crippen LogP) is 1.91. The van der Waals surface area contributed by atoms with Crippen molar-refractivity contribution in [2.24, 2.45) is 5.92 Å². The number of piperidine rings is 1. The topological polar surface area (TPSA) is 66.7 Å². The molecule has 22 heavy (non-hydrogen) atoms. The Morgan fingerprint density at radius 2 is 2.05 bits per heavy atom. The van der Waals surface area contributed by atoms with E-state index in [0.717, 1.165) is 50.2 Å². The van der Waals surface area contributed by atoms with Gasteiger partial charge in [0.2, 0.25) is 11.8 Å². The fourth-order valence-electron chi connectivity index (χ4n) is 3.58. The van der Waals surface area contributed by atoms with Gasteiger partial charge in [-0.3, -0.25) is 9.59 Å². The molecule has 6 heteroatoms. The summed E-state index contributed by atoms with van der Waals surface area (Å²) in [5.74, 6) is 0.915. The minimum absolute atomic E-state index is 0.0256. The number of hydrogen-bond acceptors (Lipinski definition) is 4. The van der Waals surface area contributed by atoms with Gasteiger partial charge in [0.25, 0.3) is 0 Å². The summed E-state index contributed by atoms with van der Waals surface area (Å²) in [6.07, 6.45) is 3.69. The maximum Gasteiger partial charge on any atom is 0.228 e. The number of aromatic nitrogens is 1. The monoisotopic (exact) mass is 305 g/mol. The van der Waals surface area contributed by atoms with Gasteiger partial charge in [-0.05, 0) is 32.6 Å². The number of amides is 2. The molecule has 120 valence electrons. The highest BCUT2D eigenvalue weighted by atomic mass is 16.5.